The van der Waals surface area contributed by atoms with Crippen molar-refractivity contribution in [1.29, 1.82) is 0 Å². The van der Waals surface area contributed by atoms with Gasteiger partial charge in [0.15, 0.2) is 29.6 Å². The van der Waals surface area contributed by atoms with E-state index < -0.39 is 23.9 Å². The van der Waals surface area contributed by atoms with Gasteiger partial charge >= 0.3 is 12.0 Å². The second-order valence-corrected chi connectivity index (χ2v) is 10.0. The highest BCUT2D eigenvalue weighted by Crippen LogP contribution is 2.35. The maximum absolute atomic E-state index is 12.6. The quantitative estimate of drug-likeness (QED) is 0.140. The third kappa shape index (κ3) is 8.45. The largest absolute Gasteiger partial charge is 0.493 e. The van der Waals surface area contributed by atoms with Gasteiger partial charge < -0.3 is 34.3 Å². The summed E-state index contributed by atoms with van der Waals surface area (Å²) in [6.45, 7) is 3.39. The number of nitrogens with one attached hydrogen (secondary N) is 3. The molecule has 0 aliphatic carbocycles. The number of carbonyl (C=O) groups excluding carboxylic acids is 3. The van der Waals surface area contributed by atoms with E-state index in [0.29, 0.717) is 33.3 Å². The van der Waals surface area contributed by atoms with Crippen molar-refractivity contribution in [3.05, 3.63) is 93.6 Å². The predicted octanol–water partition coefficient (Wildman–Crippen LogP) is 4.66. The first-order valence-corrected chi connectivity index (χ1v) is 14.2. The van der Waals surface area contributed by atoms with Crippen molar-refractivity contribution in [3.8, 4) is 23.0 Å². The molecule has 0 spiro atoms. The van der Waals surface area contributed by atoms with Gasteiger partial charge in [-0.05, 0) is 61.4 Å². The topological polar surface area (TPSA) is 146 Å². The molecule has 13 heteroatoms. The van der Waals surface area contributed by atoms with E-state index in [-0.39, 0.29) is 36.9 Å². The van der Waals surface area contributed by atoms with E-state index >= 15 is 0 Å². The van der Waals surface area contributed by atoms with E-state index in [1.807, 2.05) is 12.1 Å². The lowest BCUT2D eigenvalue weighted by Crippen LogP contribution is -2.45. The molecule has 0 bridgehead atoms. The number of nitrogens with zero attached hydrogens (tertiary/aromatic N) is 1. The van der Waals surface area contributed by atoms with Crippen LogP contribution in [0.4, 0.5) is 4.79 Å². The molecule has 3 aromatic carbocycles. The van der Waals surface area contributed by atoms with Gasteiger partial charge in [0.2, 0.25) is 0 Å². The van der Waals surface area contributed by atoms with Crippen LogP contribution in [-0.2, 0) is 20.9 Å². The summed E-state index contributed by atoms with van der Waals surface area (Å²) < 4.78 is 27.8. The molecule has 0 saturated heterocycles. The molecule has 45 heavy (non-hydrogen) atoms. The molecule has 0 radical (unpaired) electrons. The average molecular weight is 637 g/mol. The number of urea groups is 1. The third-order valence-corrected chi connectivity index (χ3v) is 6.81. The third-order valence-electron chi connectivity index (χ3n) is 6.56. The van der Waals surface area contributed by atoms with E-state index in [4.69, 9.17) is 35.3 Å². The van der Waals surface area contributed by atoms with Crippen LogP contribution in [0.3, 0.4) is 0 Å². The maximum atomic E-state index is 12.6. The summed E-state index contributed by atoms with van der Waals surface area (Å²) in [7, 11) is 2.97. The van der Waals surface area contributed by atoms with Crippen molar-refractivity contribution in [2.24, 2.45) is 5.10 Å². The number of carbonyl (C=O) groups is 3. The first kappa shape index (κ1) is 32.7. The minimum atomic E-state index is -0.782. The highest BCUT2D eigenvalue weighted by atomic mass is 35.5. The summed E-state index contributed by atoms with van der Waals surface area (Å²) in [6, 6.07) is 16.2. The van der Waals surface area contributed by atoms with Gasteiger partial charge in [0.1, 0.15) is 6.61 Å². The van der Waals surface area contributed by atoms with Crippen LogP contribution in [0.5, 0.6) is 23.0 Å². The Morgan fingerprint density at radius 3 is 2.47 bits per heavy atom. The molecule has 3 N–H and O–H groups in total. The number of hydrogen-bond acceptors (Lipinski definition) is 9. The Labute approximate surface area is 265 Å². The molecule has 3 amide bonds. The Morgan fingerprint density at radius 2 is 1.76 bits per heavy atom. The van der Waals surface area contributed by atoms with Gasteiger partial charge in [0.05, 0.1) is 38.7 Å². The molecule has 1 aliphatic rings. The van der Waals surface area contributed by atoms with Crippen LogP contribution in [0.2, 0.25) is 5.02 Å². The zero-order valence-electron chi connectivity index (χ0n) is 25.1. The minimum Gasteiger partial charge on any atom is -0.493 e. The van der Waals surface area contributed by atoms with Crippen molar-refractivity contribution < 1.29 is 38.1 Å². The normalized spacial score (nSPS) is 14.3. The summed E-state index contributed by atoms with van der Waals surface area (Å²) in [5, 5.41) is 10.00. The van der Waals surface area contributed by atoms with Crippen LogP contribution >= 0.6 is 11.6 Å². The highest BCUT2D eigenvalue weighted by molar-refractivity contribution is 6.30. The van der Waals surface area contributed by atoms with E-state index in [1.165, 1.54) is 20.4 Å². The molecule has 0 aromatic heterocycles. The molecule has 3 aromatic rings. The number of allylic oxidation sites excluding steroid dienone is 1. The fraction of sp³-hybridized carbons (Fsp3) is 0.250. The first-order valence-electron chi connectivity index (χ1n) is 13.9. The number of benzene rings is 3. The number of esters is 1. The molecule has 0 unspecified atom stereocenters. The fourth-order valence-electron chi connectivity index (χ4n) is 4.44. The zero-order valence-corrected chi connectivity index (χ0v) is 25.9. The molecule has 1 aliphatic heterocycles. The molecule has 0 saturated carbocycles. The lowest BCUT2D eigenvalue weighted by molar-refractivity contribution is -0.139. The van der Waals surface area contributed by atoms with Gasteiger partial charge in [-0.3, -0.25) is 4.79 Å². The molecular formula is C32H33ClN4O8. The van der Waals surface area contributed by atoms with Gasteiger partial charge in [-0.15, -0.1) is 0 Å². The zero-order chi connectivity index (χ0) is 32.3. The van der Waals surface area contributed by atoms with Gasteiger partial charge in [-0.1, -0.05) is 35.9 Å². The summed E-state index contributed by atoms with van der Waals surface area (Å²) in [5.74, 6) is 0.425. The van der Waals surface area contributed by atoms with Crippen LogP contribution in [0.15, 0.2) is 77.0 Å². The lowest BCUT2D eigenvalue weighted by atomic mass is 9.95. The number of ether oxygens (including phenoxy) is 5. The van der Waals surface area contributed by atoms with E-state index in [1.54, 1.807) is 62.4 Å². The fourth-order valence-corrected chi connectivity index (χ4v) is 4.57. The van der Waals surface area contributed by atoms with Crippen LogP contribution in [0.25, 0.3) is 0 Å². The molecule has 0 fully saturated rings. The predicted molar refractivity (Wildman–Crippen MR) is 167 cm³/mol. The Kier molecular flexibility index (Phi) is 11.2. The number of methoxy groups -OCH3 is 2. The van der Waals surface area contributed by atoms with Gasteiger partial charge in [0.25, 0.3) is 5.91 Å². The van der Waals surface area contributed by atoms with Crippen molar-refractivity contribution in [1.82, 2.24) is 16.1 Å². The smallest absolute Gasteiger partial charge is 0.338 e. The second-order valence-electron chi connectivity index (χ2n) is 9.58. The number of rotatable bonds is 13. The number of halogens is 1. The molecular weight excluding hydrogens is 604 g/mol. The van der Waals surface area contributed by atoms with E-state index in [2.05, 4.69) is 21.2 Å². The van der Waals surface area contributed by atoms with Crippen molar-refractivity contribution >= 4 is 35.7 Å². The van der Waals surface area contributed by atoms with Crippen molar-refractivity contribution in [2.45, 2.75) is 26.5 Å². The summed E-state index contributed by atoms with van der Waals surface area (Å²) in [6.07, 6.45) is 1.44. The second kappa shape index (κ2) is 15.5. The van der Waals surface area contributed by atoms with E-state index in [0.717, 1.165) is 5.56 Å². The SMILES string of the molecule is CCOC(=O)C1=C(C)NC(=O)N[C@H]1c1ccc(OCC(=O)N/N=C/c2cccc(OC)c2OCc2ccc(Cl)cc2)c(OC)c1. The first-order chi connectivity index (χ1) is 21.7. The maximum Gasteiger partial charge on any atom is 0.338 e. The molecule has 1 atom stereocenters. The van der Waals surface area contributed by atoms with Crippen LogP contribution in [-0.4, -0.2) is 51.6 Å². The van der Waals surface area contributed by atoms with Gasteiger partial charge in [0, 0.05) is 16.3 Å². The number of amides is 3. The summed E-state index contributed by atoms with van der Waals surface area (Å²) >= 11 is 5.97. The number of hydrazone groups is 1. The van der Waals surface area contributed by atoms with Gasteiger partial charge in [-0.25, -0.2) is 15.0 Å². The Morgan fingerprint density at radius 1 is 1.00 bits per heavy atom. The van der Waals surface area contributed by atoms with Crippen LogP contribution < -0.4 is 35.0 Å². The van der Waals surface area contributed by atoms with Crippen molar-refractivity contribution in [2.75, 3.05) is 27.4 Å². The molecule has 236 valence electrons. The Balaban J connectivity index is 1.40. The van der Waals surface area contributed by atoms with Gasteiger partial charge in [-0.2, -0.15) is 5.10 Å². The highest BCUT2D eigenvalue weighted by Gasteiger charge is 2.32. The minimum absolute atomic E-state index is 0.178. The Hall–Kier alpha value is -5.23. The van der Waals surface area contributed by atoms with Crippen LogP contribution in [0, 0.1) is 0 Å². The average Bonchev–Trinajstić information content (AvgIpc) is 3.03. The summed E-state index contributed by atoms with van der Waals surface area (Å²) in [5.41, 5.74) is 5.12. The summed E-state index contributed by atoms with van der Waals surface area (Å²) in [4.78, 5) is 37.3. The molecule has 12 nitrogen and oxygen atoms in total. The number of para-hydroxylation sites is 1. The lowest BCUT2D eigenvalue weighted by Gasteiger charge is -2.28. The molecule has 1 heterocycles. The monoisotopic (exact) mass is 636 g/mol. The van der Waals surface area contributed by atoms with Crippen molar-refractivity contribution in [3.63, 3.8) is 0 Å². The Bertz CT molecular complexity index is 1610. The number of hydrogen-bond donors (Lipinski definition) is 3. The van der Waals surface area contributed by atoms with E-state index in [9.17, 15) is 14.4 Å². The van der Waals surface area contributed by atoms with Crippen LogP contribution in [0.1, 0.15) is 36.6 Å². The standard InChI is InChI=1S/C32H33ClN4O8/c1-5-43-31(39)28-19(2)35-32(40)36-29(28)21-11-14-24(26(15-21)42-4)44-18-27(38)37-34-16-22-7-6-8-25(41-3)30(22)45-17-20-9-12-23(33)13-10-20/h6-16,29H,5,17-18H2,1-4H3,(H,37,38)(H2,35,36,40)/b34-16+/t29-/m0/s1. The molecule has 4 rings (SSSR count).